The highest BCUT2D eigenvalue weighted by Gasteiger charge is 2.12. The van der Waals surface area contributed by atoms with Crippen LogP contribution in [0, 0.1) is 0 Å². The number of benzene rings is 4. The summed E-state index contributed by atoms with van der Waals surface area (Å²) in [7, 11) is -1.11. The topological polar surface area (TPSA) is 26.3 Å². The molecule has 2 nitrogen and oxygen atoms in total. The summed E-state index contributed by atoms with van der Waals surface area (Å²) in [5.74, 6) is 0.511. The zero-order valence-electron chi connectivity index (χ0n) is 14.0. The lowest BCUT2D eigenvalue weighted by atomic mass is 9.99. The molecule has 128 valence electrons. The van der Waals surface area contributed by atoms with Crippen molar-refractivity contribution in [2.24, 2.45) is 0 Å². The van der Waals surface area contributed by atoms with E-state index in [0.717, 1.165) is 21.9 Å². The van der Waals surface area contributed by atoms with Crippen LogP contribution in [-0.2, 0) is 6.16 Å². The van der Waals surface area contributed by atoms with Crippen LogP contribution in [0.5, 0.6) is 0 Å². The van der Waals surface area contributed by atoms with Gasteiger partial charge in [0, 0.05) is 16.7 Å². The van der Waals surface area contributed by atoms with Crippen molar-refractivity contribution in [2.45, 2.75) is 6.16 Å². The predicted molar refractivity (Wildman–Crippen MR) is 112 cm³/mol. The summed E-state index contributed by atoms with van der Waals surface area (Å²) >= 11 is 5.99. The van der Waals surface area contributed by atoms with Gasteiger partial charge in [0.25, 0.3) is 0 Å². The Labute approximate surface area is 156 Å². The summed E-state index contributed by atoms with van der Waals surface area (Å²) in [6.07, 6.45) is 0.690. The second kappa shape index (κ2) is 6.39. The van der Waals surface area contributed by atoms with Crippen LogP contribution in [0.3, 0.4) is 0 Å². The highest BCUT2D eigenvalue weighted by atomic mass is 35.5. The van der Waals surface area contributed by atoms with E-state index in [1.165, 1.54) is 21.5 Å². The number of hydrogen-bond acceptors (Lipinski definition) is 2. The Hall–Kier alpha value is -2.41. The van der Waals surface area contributed by atoms with Gasteiger partial charge < -0.3 is 8.39 Å². The van der Waals surface area contributed by atoms with E-state index in [9.17, 15) is 0 Å². The lowest BCUT2D eigenvalue weighted by molar-refractivity contribution is 0.637. The zero-order valence-corrected chi connectivity index (χ0v) is 15.6. The minimum atomic E-state index is -1.11. The van der Waals surface area contributed by atoms with Crippen LogP contribution in [-0.4, -0.2) is 5.88 Å². The van der Waals surface area contributed by atoms with Gasteiger partial charge in [-0.2, -0.15) is 0 Å². The van der Waals surface area contributed by atoms with Crippen molar-refractivity contribution in [3.63, 3.8) is 0 Å². The summed E-state index contributed by atoms with van der Waals surface area (Å²) < 4.78 is 12.6. The van der Waals surface area contributed by atoms with Crippen molar-refractivity contribution < 1.29 is 8.39 Å². The molecule has 4 heteroatoms. The van der Waals surface area contributed by atoms with Gasteiger partial charge in [0.15, 0.2) is 0 Å². The smallest absolute Gasteiger partial charge is 0.217 e. The van der Waals surface area contributed by atoms with Crippen molar-refractivity contribution in [1.29, 1.82) is 0 Å². The third kappa shape index (κ3) is 2.49. The standard InChI is InChI=1S/C22H16ClO2P/c23-13-14-26-24-19-11-9-15-5-1-3-7-17(15)21(19)22-18-8-4-2-6-16(18)10-12-20(22)25-26/h1-12H,13-14H2. The van der Waals surface area contributed by atoms with Crippen molar-refractivity contribution in [1.82, 2.24) is 0 Å². The molecule has 5 aromatic rings. The molecule has 4 aromatic carbocycles. The molecule has 0 saturated heterocycles. The lowest BCUT2D eigenvalue weighted by Crippen LogP contribution is -1.79. The average molecular weight is 379 g/mol. The zero-order chi connectivity index (χ0) is 17.5. The fourth-order valence-corrected chi connectivity index (χ4v) is 5.08. The third-order valence-electron chi connectivity index (χ3n) is 4.70. The normalized spacial score (nSPS) is 11.6. The summed E-state index contributed by atoms with van der Waals surface area (Å²) in [6.45, 7) is 0. The van der Waals surface area contributed by atoms with Crippen LogP contribution >= 0.6 is 19.6 Å². The van der Waals surface area contributed by atoms with Gasteiger partial charge in [-0.25, -0.2) is 0 Å². The SMILES string of the molecule is ClCCp1oc2ccc3ccccc3c2c2c(ccc3ccccc32)o1. The molecule has 0 atom stereocenters. The predicted octanol–water partition coefficient (Wildman–Crippen LogP) is 7.84. The first-order chi connectivity index (χ1) is 12.8. The highest BCUT2D eigenvalue weighted by molar-refractivity contribution is 7.36. The molecule has 1 heterocycles. The molecule has 26 heavy (non-hydrogen) atoms. The van der Waals surface area contributed by atoms with E-state index in [2.05, 4.69) is 72.8 Å². The number of fused-ring (bicyclic) bond motifs is 7. The van der Waals surface area contributed by atoms with Gasteiger partial charge in [0.2, 0.25) is 8.01 Å². The Morgan fingerprint density at radius 3 is 1.65 bits per heavy atom. The monoisotopic (exact) mass is 378 g/mol. The van der Waals surface area contributed by atoms with E-state index in [1.54, 1.807) is 0 Å². The summed E-state index contributed by atoms with van der Waals surface area (Å²) in [6, 6.07) is 25.2. The first-order valence-corrected chi connectivity index (χ1v) is 10.5. The fourth-order valence-electron chi connectivity index (χ4n) is 3.57. The van der Waals surface area contributed by atoms with Gasteiger partial charge in [-0.3, -0.25) is 0 Å². The number of rotatable bonds is 2. The van der Waals surface area contributed by atoms with Crippen LogP contribution in [0.1, 0.15) is 0 Å². The maximum atomic E-state index is 6.29. The van der Waals surface area contributed by atoms with Crippen LogP contribution in [0.4, 0.5) is 0 Å². The van der Waals surface area contributed by atoms with Gasteiger partial charge >= 0.3 is 0 Å². The molecule has 0 bridgehead atoms. The van der Waals surface area contributed by atoms with E-state index in [0.29, 0.717) is 12.0 Å². The number of alkyl halides is 1. The molecule has 0 radical (unpaired) electrons. The molecule has 0 aliphatic rings. The Balaban J connectivity index is 2.14. The second-order valence-electron chi connectivity index (χ2n) is 6.25. The first-order valence-electron chi connectivity index (χ1n) is 8.58. The number of hydrogen-bond donors (Lipinski definition) is 0. The molecule has 0 saturated carbocycles. The van der Waals surface area contributed by atoms with E-state index < -0.39 is 8.01 Å². The molecular weight excluding hydrogens is 363 g/mol. The maximum Gasteiger partial charge on any atom is 0.217 e. The van der Waals surface area contributed by atoms with Gasteiger partial charge in [-0.1, -0.05) is 60.7 Å². The Morgan fingerprint density at radius 1 is 0.654 bits per heavy atom. The van der Waals surface area contributed by atoms with Crippen molar-refractivity contribution in [3.8, 4) is 0 Å². The lowest BCUT2D eigenvalue weighted by Gasteiger charge is -2.05. The molecule has 0 aliphatic carbocycles. The fraction of sp³-hybridized carbons (Fsp3) is 0.0909. The molecule has 5 rings (SSSR count). The van der Waals surface area contributed by atoms with Crippen molar-refractivity contribution in [3.05, 3.63) is 72.8 Å². The first kappa shape index (κ1) is 15.8. The molecule has 0 spiro atoms. The number of halogens is 1. The van der Waals surface area contributed by atoms with Crippen molar-refractivity contribution >= 4 is 63.1 Å². The van der Waals surface area contributed by atoms with Gasteiger partial charge in [-0.05, 0) is 33.7 Å². The molecular formula is C22H16ClO2P. The Bertz CT molecular complexity index is 1210. The second-order valence-corrected chi connectivity index (χ2v) is 8.10. The maximum absolute atomic E-state index is 6.29. The molecule has 0 unspecified atom stereocenters. The highest BCUT2D eigenvalue weighted by Crippen LogP contribution is 2.41. The Morgan fingerprint density at radius 2 is 1.15 bits per heavy atom. The molecule has 1 aromatic heterocycles. The van der Waals surface area contributed by atoms with Crippen LogP contribution in [0.25, 0.3) is 43.5 Å². The van der Waals surface area contributed by atoms with E-state index >= 15 is 0 Å². The van der Waals surface area contributed by atoms with Gasteiger partial charge in [0.1, 0.15) is 11.2 Å². The van der Waals surface area contributed by atoms with Crippen LogP contribution in [0.15, 0.2) is 81.2 Å². The number of aryl methyl sites for hydroxylation is 1. The van der Waals surface area contributed by atoms with Crippen LogP contribution in [0.2, 0.25) is 0 Å². The minimum Gasteiger partial charge on any atom is -0.419 e. The van der Waals surface area contributed by atoms with E-state index in [1.807, 2.05) is 0 Å². The van der Waals surface area contributed by atoms with Crippen molar-refractivity contribution in [2.75, 3.05) is 5.88 Å². The molecule has 0 fully saturated rings. The summed E-state index contributed by atoms with van der Waals surface area (Å²) in [5, 5.41) is 6.95. The molecule has 0 aliphatic heterocycles. The molecule has 0 N–H and O–H groups in total. The summed E-state index contributed by atoms with van der Waals surface area (Å²) in [4.78, 5) is 0. The Kier molecular flexibility index (Phi) is 3.89. The minimum absolute atomic E-state index is 0.511. The largest absolute Gasteiger partial charge is 0.419 e. The van der Waals surface area contributed by atoms with Gasteiger partial charge in [-0.15, -0.1) is 11.6 Å². The van der Waals surface area contributed by atoms with Gasteiger partial charge in [0.05, 0.1) is 6.16 Å². The summed E-state index contributed by atoms with van der Waals surface area (Å²) in [5.41, 5.74) is 1.74. The van der Waals surface area contributed by atoms with Crippen LogP contribution < -0.4 is 0 Å². The quantitative estimate of drug-likeness (QED) is 0.292. The molecule has 0 amide bonds. The third-order valence-corrected chi connectivity index (χ3v) is 6.54. The van der Waals surface area contributed by atoms with E-state index in [4.69, 9.17) is 20.0 Å². The van der Waals surface area contributed by atoms with E-state index in [-0.39, 0.29) is 0 Å². The average Bonchev–Trinajstić information content (AvgIpc) is 2.84.